The standard InChI is InChI=1S/C23H22N2O7S/c1-4-31-16-7-5-6-15(12-16)25-21(27)17(20(26)24-23(25)33)10-14-8-9-18(19(11-14)30-3)32-13(2)22(28)29/h5-13H,4H2,1-3H3,(H,28,29)(H,24,26,33)/b17-10+/t13-/m0/s1. The Bertz CT molecular complexity index is 1150. The largest absolute Gasteiger partial charge is 0.494 e. The second-order valence-corrected chi connectivity index (χ2v) is 7.28. The number of rotatable bonds is 8. The van der Waals surface area contributed by atoms with Gasteiger partial charge in [0.25, 0.3) is 11.8 Å². The number of nitrogens with zero attached hydrogens (tertiary/aromatic N) is 1. The van der Waals surface area contributed by atoms with E-state index in [4.69, 9.17) is 31.5 Å². The first-order valence-electron chi connectivity index (χ1n) is 9.97. The highest BCUT2D eigenvalue weighted by atomic mass is 32.1. The Morgan fingerprint density at radius 1 is 1.21 bits per heavy atom. The minimum Gasteiger partial charge on any atom is -0.494 e. The molecule has 0 saturated carbocycles. The maximum Gasteiger partial charge on any atom is 0.344 e. The molecule has 0 unspecified atom stereocenters. The fourth-order valence-corrected chi connectivity index (χ4v) is 3.33. The van der Waals surface area contributed by atoms with E-state index in [-0.39, 0.29) is 22.2 Å². The Kier molecular flexibility index (Phi) is 7.29. The Hall–Kier alpha value is -3.92. The van der Waals surface area contributed by atoms with Crippen LogP contribution in [0.15, 0.2) is 48.0 Å². The summed E-state index contributed by atoms with van der Waals surface area (Å²) in [6, 6.07) is 11.4. The third-order valence-electron chi connectivity index (χ3n) is 4.64. The van der Waals surface area contributed by atoms with Crippen molar-refractivity contribution >= 4 is 46.9 Å². The molecular weight excluding hydrogens is 448 g/mol. The number of nitrogens with one attached hydrogen (secondary N) is 1. The molecular formula is C23H22N2O7S. The van der Waals surface area contributed by atoms with E-state index in [0.717, 1.165) is 0 Å². The maximum absolute atomic E-state index is 13.2. The van der Waals surface area contributed by atoms with E-state index in [1.165, 1.54) is 37.1 Å². The number of carboxylic acid groups (broad SMARTS) is 1. The molecule has 1 fully saturated rings. The van der Waals surface area contributed by atoms with Crippen molar-refractivity contribution in [3.05, 3.63) is 53.6 Å². The number of amides is 2. The van der Waals surface area contributed by atoms with Crippen molar-refractivity contribution in [3.63, 3.8) is 0 Å². The SMILES string of the molecule is CCOc1cccc(N2C(=O)/C(=C/c3ccc(O[C@@H](C)C(=O)O)c(OC)c3)C(=O)NC2=S)c1. The van der Waals surface area contributed by atoms with E-state index in [9.17, 15) is 14.4 Å². The van der Waals surface area contributed by atoms with E-state index in [1.54, 1.807) is 30.3 Å². The molecule has 0 radical (unpaired) electrons. The number of carbonyl (C=O) groups excluding carboxylic acids is 2. The summed E-state index contributed by atoms with van der Waals surface area (Å²) in [6.07, 6.45) is 0.307. The van der Waals surface area contributed by atoms with Crippen LogP contribution in [0.5, 0.6) is 17.2 Å². The first kappa shape index (κ1) is 23.7. The normalized spacial score (nSPS) is 15.8. The van der Waals surface area contributed by atoms with Crippen LogP contribution in [0.25, 0.3) is 6.08 Å². The molecule has 2 amide bonds. The highest BCUT2D eigenvalue weighted by molar-refractivity contribution is 7.80. The van der Waals surface area contributed by atoms with Crippen molar-refractivity contribution in [1.82, 2.24) is 5.32 Å². The predicted molar refractivity (Wildman–Crippen MR) is 125 cm³/mol. The molecule has 2 aromatic carbocycles. The van der Waals surface area contributed by atoms with Crippen molar-refractivity contribution in [2.24, 2.45) is 0 Å². The molecule has 10 heteroatoms. The number of carbonyl (C=O) groups is 3. The minimum atomic E-state index is -1.13. The van der Waals surface area contributed by atoms with Gasteiger partial charge in [0, 0.05) is 6.07 Å². The van der Waals surface area contributed by atoms with E-state index in [2.05, 4.69) is 5.32 Å². The lowest BCUT2D eigenvalue weighted by molar-refractivity contribution is -0.144. The molecule has 0 bridgehead atoms. The van der Waals surface area contributed by atoms with Crippen LogP contribution in [-0.4, -0.2) is 47.8 Å². The van der Waals surface area contributed by atoms with Crippen molar-refractivity contribution in [2.75, 3.05) is 18.6 Å². The zero-order valence-electron chi connectivity index (χ0n) is 18.2. The summed E-state index contributed by atoms with van der Waals surface area (Å²) in [5, 5.41) is 11.5. The monoisotopic (exact) mass is 470 g/mol. The van der Waals surface area contributed by atoms with Crippen LogP contribution in [0.2, 0.25) is 0 Å². The van der Waals surface area contributed by atoms with Gasteiger partial charge in [-0.2, -0.15) is 0 Å². The molecule has 1 aliphatic heterocycles. The molecule has 2 N–H and O–H groups in total. The maximum atomic E-state index is 13.2. The minimum absolute atomic E-state index is 0.0419. The number of hydrogen-bond donors (Lipinski definition) is 2. The van der Waals surface area contributed by atoms with E-state index in [1.807, 2.05) is 6.92 Å². The van der Waals surface area contributed by atoms with Crippen molar-refractivity contribution in [3.8, 4) is 17.2 Å². The van der Waals surface area contributed by atoms with Crippen LogP contribution < -0.4 is 24.4 Å². The third kappa shape index (κ3) is 5.29. The predicted octanol–water partition coefficient (Wildman–Crippen LogP) is 2.78. The lowest BCUT2D eigenvalue weighted by Gasteiger charge is -2.29. The second kappa shape index (κ2) is 10.1. The molecule has 1 aliphatic rings. The van der Waals surface area contributed by atoms with Crippen molar-refractivity contribution in [1.29, 1.82) is 0 Å². The molecule has 9 nitrogen and oxygen atoms in total. The van der Waals surface area contributed by atoms with Crippen LogP contribution in [0.3, 0.4) is 0 Å². The highest BCUT2D eigenvalue weighted by Gasteiger charge is 2.34. The molecule has 3 rings (SSSR count). The number of benzene rings is 2. The topological polar surface area (TPSA) is 114 Å². The number of hydrogen-bond acceptors (Lipinski definition) is 7. The molecule has 2 aromatic rings. The average Bonchev–Trinajstić information content (AvgIpc) is 2.77. The van der Waals surface area contributed by atoms with Gasteiger partial charge in [-0.3, -0.25) is 19.8 Å². The van der Waals surface area contributed by atoms with Crippen LogP contribution in [0.1, 0.15) is 19.4 Å². The smallest absolute Gasteiger partial charge is 0.344 e. The average molecular weight is 471 g/mol. The Balaban J connectivity index is 1.94. The van der Waals surface area contributed by atoms with E-state index < -0.39 is 23.9 Å². The zero-order chi connectivity index (χ0) is 24.1. The lowest BCUT2D eigenvalue weighted by atomic mass is 10.1. The number of thiocarbonyl (C=S) groups is 1. The quantitative estimate of drug-likeness (QED) is 0.344. The van der Waals surface area contributed by atoms with Crippen LogP contribution in [0.4, 0.5) is 5.69 Å². The Morgan fingerprint density at radius 2 is 1.97 bits per heavy atom. The fraction of sp³-hybridized carbons (Fsp3) is 0.217. The summed E-state index contributed by atoms with van der Waals surface area (Å²) in [5.41, 5.74) is 0.780. The van der Waals surface area contributed by atoms with Crippen LogP contribution in [-0.2, 0) is 14.4 Å². The number of anilines is 1. The number of methoxy groups -OCH3 is 1. The molecule has 0 aromatic heterocycles. The van der Waals surface area contributed by atoms with Gasteiger partial charge in [0.2, 0.25) is 0 Å². The molecule has 1 saturated heterocycles. The highest BCUT2D eigenvalue weighted by Crippen LogP contribution is 2.31. The van der Waals surface area contributed by atoms with Crippen LogP contribution >= 0.6 is 12.2 Å². The molecule has 0 aliphatic carbocycles. The van der Waals surface area contributed by atoms with Crippen molar-refractivity contribution in [2.45, 2.75) is 20.0 Å². The van der Waals surface area contributed by atoms with Gasteiger partial charge in [-0.25, -0.2) is 4.79 Å². The molecule has 172 valence electrons. The second-order valence-electron chi connectivity index (χ2n) is 6.90. The number of ether oxygens (including phenoxy) is 3. The van der Waals surface area contributed by atoms with Gasteiger partial charge in [0.15, 0.2) is 22.7 Å². The number of carboxylic acids is 1. The van der Waals surface area contributed by atoms with E-state index >= 15 is 0 Å². The summed E-state index contributed by atoms with van der Waals surface area (Å²) in [4.78, 5) is 38.0. The van der Waals surface area contributed by atoms with Gasteiger partial charge in [-0.1, -0.05) is 12.1 Å². The first-order valence-corrected chi connectivity index (χ1v) is 10.4. The van der Waals surface area contributed by atoms with Gasteiger partial charge in [0.05, 0.1) is 19.4 Å². The summed E-state index contributed by atoms with van der Waals surface area (Å²) in [7, 11) is 1.40. The van der Waals surface area contributed by atoms with Crippen molar-refractivity contribution < 1.29 is 33.7 Å². The summed E-state index contributed by atoms with van der Waals surface area (Å²) in [5.74, 6) is -1.35. The third-order valence-corrected chi connectivity index (χ3v) is 4.92. The van der Waals surface area contributed by atoms with Gasteiger partial charge in [-0.15, -0.1) is 0 Å². The summed E-state index contributed by atoms with van der Waals surface area (Å²) >= 11 is 5.23. The first-order chi connectivity index (χ1) is 15.7. The summed E-state index contributed by atoms with van der Waals surface area (Å²) in [6.45, 7) is 3.69. The van der Waals surface area contributed by atoms with Gasteiger partial charge in [-0.05, 0) is 62.0 Å². The Morgan fingerprint density at radius 3 is 2.64 bits per heavy atom. The Labute approximate surface area is 195 Å². The molecule has 1 heterocycles. The van der Waals surface area contributed by atoms with Gasteiger partial charge < -0.3 is 19.3 Å². The van der Waals surface area contributed by atoms with Gasteiger partial charge in [0.1, 0.15) is 11.3 Å². The van der Waals surface area contributed by atoms with Gasteiger partial charge >= 0.3 is 5.97 Å². The zero-order valence-corrected chi connectivity index (χ0v) is 19.0. The fourth-order valence-electron chi connectivity index (χ4n) is 3.05. The summed E-state index contributed by atoms with van der Waals surface area (Å²) < 4.78 is 16.1. The lowest BCUT2D eigenvalue weighted by Crippen LogP contribution is -2.54. The molecule has 1 atom stereocenters. The molecule has 0 spiro atoms. The van der Waals surface area contributed by atoms with E-state index in [0.29, 0.717) is 23.6 Å². The van der Waals surface area contributed by atoms with Crippen LogP contribution in [0, 0.1) is 0 Å². The molecule has 33 heavy (non-hydrogen) atoms. The number of aliphatic carboxylic acids is 1.